The normalized spacial score (nSPS) is 16.7. The zero-order chi connectivity index (χ0) is 22.7. The molecule has 4 heterocycles. The highest BCUT2D eigenvalue weighted by atomic mass is 19.1. The molecule has 3 N–H and O–H groups in total. The molecule has 0 aromatic carbocycles. The van der Waals surface area contributed by atoms with Gasteiger partial charge in [-0.15, -0.1) is 0 Å². The first kappa shape index (κ1) is 21.8. The Morgan fingerprint density at radius 1 is 1.25 bits per heavy atom. The van der Waals surface area contributed by atoms with Crippen LogP contribution in [0.4, 0.5) is 21.8 Å². The molecule has 3 aromatic heterocycles. The number of hydrogen-bond acceptors (Lipinski definition) is 10. The molecular formula is C21H25FN8O2. The molecule has 1 saturated heterocycles. The molecule has 32 heavy (non-hydrogen) atoms. The summed E-state index contributed by atoms with van der Waals surface area (Å²) in [5, 5.41) is 3.10. The highest BCUT2D eigenvalue weighted by Gasteiger charge is 2.20. The Hall–Kier alpha value is -3.44. The average molecular weight is 440 g/mol. The molecular weight excluding hydrogens is 415 g/mol. The number of pyridine rings is 2. The molecule has 1 aliphatic heterocycles. The summed E-state index contributed by atoms with van der Waals surface area (Å²) in [6.45, 7) is 6.80. The molecule has 0 aliphatic carbocycles. The SMILES string of the molecule is COc1ncc(Nc2ncc(CN3CCOC[C@@H]3C)cc2-c2nc(C)nc(N)n2)cc1F. The van der Waals surface area contributed by atoms with Gasteiger partial charge in [-0.2, -0.15) is 9.97 Å². The van der Waals surface area contributed by atoms with Crippen molar-refractivity contribution in [2.24, 2.45) is 0 Å². The van der Waals surface area contributed by atoms with Gasteiger partial charge in [0.25, 0.3) is 0 Å². The van der Waals surface area contributed by atoms with Gasteiger partial charge in [-0.05, 0) is 25.5 Å². The number of morpholine rings is 1. The summed E-state index contributed by atoms with van der Waals surface area (Å²) in [6, 6.07) is 3.54. The highest BCUT2D eigenvalue weighted by Crippen LogP contribution is 2.29. The Morgan fingerprint density at radius 3 is 2.81 bits per heavy atom. The maximum absolute atomic E-state index is 14.1. The molecule has 4 rings (SSSR count). The van der Waals surface area contributed by atoms with E-state index < -0.39 is 5.82 Å². The van der Waals surface area contributed by atoms with Crippen LogP contribution in [0.3, 0.4) is 0 Å². The van der Waals surface area contributed by atoms with Crippen molar-refractivity contribution in [3.05, 3.63) is 41.7 Å². The fourth-order valence-corrected chi connectivity index (χ4v) is 3.50. The molecule has 10 nitrogen and oxygen atoms in total. The Balaban J connectivity index is 1.70. The quantitative estimate of drug-likeness (QED) is 0.590. The Kier molecular flexibility index (Phi) is 6.37. The number of anilines is 3. The van der Waals surface area contributed by atoms with Gasteiger partial charge in [0.1, 0.15) is 11.6 Å². The molecule has 0 unspecified atom stereocenters. The van der Waals surface area contributed by atoms with Crippen LogP contribution in [0.2, 0.25) is 0 Å². The van der Waals surface area contributed by atoms with E-state index in [2.05, 4.69) is 42.1 Å². The highest BCUT2D eigenvalue weighted by molar-refractivity contribution is 5.75. The van der Waals surface area contributed by atoms with E-state index in [1.165, 1.54) is 19.4 Å². The predicted molar refractivity (Wildman–Crippen MR) is 117 cm³/mol. The summed E-state index contributed by atoms with van der Waals surface area (Å²) in [4.78, 5) is 23.6. The lowest BCUT2D eigenvalue weighted by molar-refractivity contribution is -0.00440. The number of aromatic nitrogens is 5. The van der Waals surface area contributed by atoms with Crippen LogP contribution < -0.4 is 15.8 Å². The lowest BCUT2D eigenvalue weighted by Crippen LogP contribution is -2.42. The lowest BCUT2D eigenvalue weighted by Gasteiger charge is -2.33. The minimum Gasteiger partial charge on any atom is -0.479 e. The number of nitrogens with one attached hydrogen (secondary N) is 1. The number of nitrogen functional groups attached to an aromatic ring is 1. The van der Waals surface area contributed by atoms with Crippen molar-refractivity contribution in [3.8, 4) is 17.3 Å². The van der Waals surface area contributed by atoms with Crippen molar-refractivity contribution in [1.82, 2.24) is 29.8 Å². The van der Waals surface area contributed by atoms with Gasteiger partial charge in [-0.3, -0.25) is 4.90 Å². The van der Waals surface area contributed by atoms with Gasteiger partial charge in [0, 0.05) is 31.4 Å². The Bertz CT molecular complexity index is 1090. The molecule has 11 heteroatoms. The first-order valence-electron chi connectivity index (χ1n) is 10.2. The van der Waals surface area contributed by atoms with Crippen LogP contribution in [0.15, 0.2) is 24.5 Å². The smallest absolute Gasteiger partial charge is 0.250 e. The molecule has 1 atom stereocenters. The first-order chi connectivity index (χ1) is 15.4. The van der Waals surface area contributed by atoms with Crippen LogP contribution in [0, 0.1) is 12.7 Å². The monoisotopic (exact) mass is 440 g/mol. The Labute approximate surface area is 185 Å². The zero-order valence-corrected chi connectivity index (χ0v) is 18.2. The van der Waals surface area contributed by atoms with Crippen molar-refractivity contribution < 1.29 is 13.9 Å². The van der Waals surface area contributed by atoms with Crippen molar-refractivity contribution in [2.75, 3.05) is 37.9 Å². The average Bonchev–Trinajstić information content (AvgIpc) is 2.76. The second kappa shape index (κ2) is 9.37. The van der Waals surface area contributed by atoms with Crippen LogP contribution in [0.25, 0.3) is 11.4 Å². The third-order valence-corrected chi connectivity index (χ3v) is 5.10. The molecule has 0 saturated carbocycles. The van der Waals surface area contributed by atoms with Gasteiger partial charge in [-0.25, -0.2) is 19.3 Å². The number of halogens is 1. The molecule has 1 aliphatic rings. The minimum atomic E-state index is -0.586. The summed E-state index contributed by atoms with van der Waals surface area (Å²) in [6.07, 6.45) is 3.24. The van der Waals surface area contributed by atoms with Gasteiger partial charge in [0.05, 0.1) is 37.8 Å². The fraction of sp³-hybridized carbons (Fsp3) is 0.381. The third-order valence-electron chi connectivity index (χ3n) is 5.10. The molecule has 0 amide bonds. The van der Waals surface area contributed by atoms with Gasteiger partial charge >= 0.3 is 0 Å². The van der Waals surface area contributed by atoms with Crippen LogP contribution in [0.5, 0.6) is 5.88 Å². The van der Waals surface area contributed by atoms with Crippen molar-refractivity contribution >= 4 is 17.5 Å². The van der Waals surface area contributed by atoms with E-state index in [0.29, 0.717) is 54.5 Å². The van der Waals surface area contributed by atoms with Crippen LogP contribution in [-0.2, 0) is 11.3 Å². The van der Waals surface area contributed by atoms with Crippen LogP contribution >= 0.6 is 0 Å². The van der Waals surface area contributed by atoms with E-state index in [4.69, 9.17) is 15.2 Å². The van der Waals surface area contributed by atoms with E-state index in [1.807, 2.05) is 6.07 Å². The van der Waals surface area contributed by atoms with Crippen LogP contribution in [-0.4, -0.2) is 62.7 Å². The largest absolute Gasteiger partial charge is 0.479 e. The standard InChI is InChI=1S/C21H25FN8O2/c1-12-11-32-5-4-30(12)10-14-6-16(19-26-13(2)27-21(23)29-19)18(24-8-14)28-15-7-17(22)20(31-3)25-9-15/h6-9,12H,4-5,10-11H2,1-3H3,(H,24,28)(H2,23,26,27,29)/t12-/m0/s1. The van der Waals surface area contributed by atoms with Crippen molar-refractivity contribution in [3.63, 3.8) is 0 Å². The number of aryl methyl sites for hydroxylation is 1. The maximum Gasteiger partial charge on any atom is 0.250 e. The van der Waals surface area contributed by atoms with Crippen molar-refractivity contribution in [2.45, 2.75) is 26.4 Å². The number of nitrogens with zero attached hydrogens (tertiary/aromatic N) is 6. The molecule has 0 radical (unpaired) electrons. The number of hydrogen-bond donors (Lipinski definition) is 2. The summed E-state index contributed by atoms with van der Waals surface area (Å²) >= 11 is 0. The second-order valence-corrected chi connectivity index (χ2v) is 7.54. The van der Waals surface area contributed by atoms with E-state index in [1.54, 1.807) is 13.1 Å². The summed E-state index contributed by atoms with van der Waals surface area (Å²) in [7, 11) is 1.36. The number of nitrogens with two attached hydrogens (primary N) is 1. The predicted octanol–water partition coefficient (Wildman–Crippen LogP) is 2.33. The molecule has 3 aromatic rings. The van der Waals surface area contributed by atoms with Gasteiger partial charge in [0.2, 0.25) is 11.8 Å². The number of rotatable bonds is 6. The second-order valence-electron chi connectivity index (χ2n) is 7.54. The zero-order valence-electron chi connectivity index (χ0n) is 18.2. The van der Waals surface area contributed by atoms with Crippen molar-refractivity contribution in [1.29, 1.82) is 0 Å². The van der Waals surface area contributed by atoms with E-state index in [9.17, 15) is 4.39 Å². The lowest BCUT2D eigenvalue weighted by atomic mass is 10.1. The van der Waals surface area contributed by atoms with E-state index >= 15 is 0 Å². The first-order valence-corrected chi connectivity index (χ1v) is 10.2. The number of methoxy groups -OCH3 is 1. The van der Waals surface area contributed by atoms with Gasteiger partial charge < -0.3 is 20.5 Å². The molecule has 0 spiro atoms. The Morgan fingerprint density at radius 2 is 2.09 bits per heavy atom. The summed E-state index contributed by atoms with van der Waals surface area (Å²) in [5.41, 5.74) is 7.87. The third kappa shape index (κ3) is 4.89. The molecule has 168 valence electrons. The minimum absolute atomic E-state index is 0.0837. The topological polar surface area (TPSA) is 124 Å². The van der Waals surface area contributed by atoms with Crippen LogP contribution in [0.1, 0.15) is 18.3 Å². The maximum atomic E-state index is 14.1. The summed E-state index contributed by atoms with van der Waals surface area (Å²) in [5.74, 6) is 0.756. The summed E-state index contributed by atoms with van der Waals surface area (Å²) < 4.78 is 24.5. The number of ether oxygens (including phenoxy) is 2. The molecule has 0 bridgehead atoms. The fourth-order valence-electron chi connectivity index (χ4n) is 3.50. The van der Waals surface area contributed by atoms with E-state index in [-0.39, 0.29) is 11.8 Å². The van der Waals surface area contributed by atoms with E-state index in [0.717, 1.165) is 12.1 Å². The van der Waals surface area contributed by atoms with Gasteiger partial charge in [-0.1, -0.05) is 0 Å². The molecule has 1 fully saturated rings. The van der Waals surface area contributed by atoms with Gasteiger partial charge in [0.15, 0.2) is 11.6 Å².